The molecule has 0 saturated carbocycles. The smallest absolute Gasteiger partial charge is 0.0258 e. The topological polar surface area (TPSA) is 29.4 Å². The van der Waals surface area contributed by atoms with Crippen molar-refractivity contribution in [1.82, 2.24) is 15.5 Å². The number of rotatable bonds is 3. The molecule has 1 unspecified atom stereocenters. The van der Waals surface area contributed by atoms with Crippen LogP contribution < -0.4 is 10.6 Å². The second-order valence-corrected chi connectivity index (χ2v) is 3.79. The van der Waals surface area contributed by atoms with Gasteiger partial charge in [0, 0.05) is 19.6 Å². The Morgan fingerprint density at radius 3 is 3.08 bits per heavy atom. The molecular formula is C9H20N3. The Kier molecular flexibility index (Phi) is 4.58. The average Bonchev–Trinajstić information content (AvgIpc) is 2.28. The Balaban J connectivity index is 2.12. The molecule has 71 valence electrons. The second kappa shape index (κ2) is 5.51. The fourth-order valence-corrected chi connectivity index (χ4v) is 1.44. The van der Waals surface area contributed by atoms with Gasteiger partial charge in [0.05, 0.1) is 0 Å². The molecule has 12 heavy (non-hydrogen) atoms. The Bertz CT molecular complexity index is 106. The highest BCUT2D eigenvalue weighted by molar-refractivity contribution is 4.70. The van der Waals surface area contributed by atoms with Gasteiger partial charge in [-0.1, -0.05) is 0 Å². The molecule has 0 aliphatic carbocycles. The molecule has 1 atom stereocenters. The molecule has 1 heterocycles. The van der Waals surface area contributed by atoms with Crippen LogP contribution in [0.25, 0.3) is 0 Å². The van der Waals surface area contributed by atoms with E-state index in [1.165, 1.54) is 13.0 Å². The summed E-state index contributed by atoms with van der Waals surface area (Å²) in [5.41, 5.74) is 0. The standard InChI is InChI=1S/C9H20N3/c1-12(2)6-3-9-7-10-4-5-11-8-9/h9-10H,3-8H2,1-2H3. The van der Waals surface area contributed by atoms with Gasteiger partial charge in [-0.15, -0.1) is 0 Å². The molecule has 0 aromatic rings. The van der Waals surface area contributed by atoms with E-state index in [4.69, 9.17) is 0 Å². The molecule has 1 N–H and O–H groups in total. The van der Waals surface area contributed by atoms with E-state index in [2.05, 4.69) is 29.6 Å². The van der Waals surface area contributed by atoms with Crippen molar-refractivity contribution < 1.29 is 0 Å². The minimum atomic E-state index is 0.759. The lowest BCUT2D eigenvalue weighted by Crippen LogP contribution is -2.26. The van der Waals surface area contributed by atoms with Gasteiger partial charge in [0.25, 0.3) is 0 Å². The zero-order valence-electron chi connectivity index (χ0n) is 8.21. The van der Waals surface area contributed by atoms with Crippen molar-refractivity contribution in [1.29, 1.82) is 0 Å². The lowest BCUT2D eigenvalue weighted by Gasteiger charge is -2.16. The van der Waals surface area contributed by atoms with E-state index in [-0.39, 0.29) is 0 Å². The van der Waals surface area contributed by atoms with E-state index in [1.807, 2.05) is 0 Å². The van der Waals surface area contributed by atoms with E-state index in [0.29, 0.717) is 0 Å². The maximum Gasteiger partial charge on any atom is 0.0258 e. The van der Waals surface area contributed by atoms with Gasteiger partial charge in [-0.25, -0.2) is 5.32 Å². The summed E-state index contributed by atoms with van der Waals surface area (Å²) in [6.45, 7) is 5.46. The largest absolute Gasteiger partial charge is 0.315 e. The van der Waals surface area contributed by atoms with Gasteiger partial charge in [-0.05, 0) is 39.5 Å². The van der Waals surface area contributed by atoms with Gasteiger partial charge in [0.2, 0.25) is 0 Å². The van der Waals surface area contributed by atoms with Crippen LogP contribution in [0, 0.1) is 5.92 Å². The zero-order valence-corrected chi connectivity index (χ0v) is 8.21. The minimum absolute atomic E-state index is 0.759. The van der Waals surface area contributed by atoms with Crippen molar-refractivity contribution in [3.63, 3.8) is 0 Å². The van der Waals surface area contributed by atoms with Gasteiger partial charge in [0.1, 0.15) is 0 Å². The fourth-order valence-electron chi connectivity index (χ4n) is 1.44. The molecule has 1 rings (SSSR count). The maximum atomic E-state index is 4.45. The van der Waals surface area contributed by atoms with Gasteiger partial charge in [-0.3, -0.25) is 0 Å². The number of hydrogen-bond acceptors (Lipinski definition) is 2. The molecule has 1 radical (unpaired) electrons. The van der Waals surface area contributed by atoms with E-state index >= 15 is 0 Å². The molecule has 0 aromatic carbocycles. The summed E-state index contributed by atoms with van der Waals surface area (Å²) in [5, 5.41) is 7.86. The van der Waals surface area contributed by atoms with Crippen LogP contribution in [0.4, 0.5) is 0 Å². The zero-order chi connectivity index (χ0) is 8.81. The normalized spacial score (nSPS) is 21.2. The van der Waals surface area contributed by atoms with Gasteiger partial charge >= 0.3 is 0 Å². The second-order valence-electron chi connectivity index (χ2n) is 3.79. The van der Waals surface area contributed by atoms with Crippen LogP contribution in [0.5, 0.6) is 0 Å². The molecule has 0 bridgehead atoms. The third-order valence-corrected chi connectivity index (χ3v) is 2.25. The molecule has 3 nitrogen and oxygen atoms in total. The highest BCUT2D eigenvalue weighted by Gasteiger charge is 2.11. The number of nitrogens with zero attached hydrogens (tertiary/aromatic N) is 2. The molecule has 3 heteroatoms. The van der Waals surface area contributed by atoms with Gasteiger partial charge in [-0.2, -0.15) is 0 Å². The Hall–Kier alpha value is -0.120. The Morgan fingerprint density at radius 2 is 2.33 bits per heavy atom. The van der Waals surface area contributed by atoms with E-state index in [0.717, 1.165) is 32.1 Å². The van der Waals surface area contributed by atoms with Gasteiger partial charge in [0.15, 0.2) is 0 Å². The average molecular weight is 170 g/mol. The highest BCUT2D eigenvalue weighted by atomic mass is 15.1. The predicted molar refractivity (Wildman–Crippen MR) is 51.4 cm³/mol. The summed E-state index contributed by atoms with van der Waals surface area (Å²) in [6.07, 6.45) is 1.27. The summed E-state index contributed by atoms with van der Waals surface area (Å²) in [5.74, 6) is 0.759. The maximum absolute atomic E-state index is 4.45. The van der Waals surface area contributed by atoms with E-state index in [1.54, 1.807) is 0 Å². The first-order chi connectivity index (χ1) is 5.79. The first-order valence-electron chi connectivity index (χ1n) is 4.77. The third-order valence-electron chi connectivity index (χ3n) is 2.25. The fraction of sp³-hybridized carbons (Fsp3) is 1.00. The predicted octanol–water partition coefficient (Wildman–Crippen LogP) is -0.238. The van der Waals surface area contributed by atoms with Crippen LogP contribution in [0.3, 0.4) is 0 Å². The van der Waals surface area contributed by atoms with Crippen LogP contribution >= 0.6 is 0 Å². The van der Waals surface area contributed by atoms with Crippen LogP contribution in [-0.4, -0.2) is 51.7 Å². The molecule has 1 fully saturated rings. The Labute approximate surface area is 75.5 Å². The summed E-state index contributed by atoms with van der Waals surface area (Å²) in [4.78, 5) is 2.24. The highest BCUT2D eigenvalue weighted by Crippen LogP contribution is 2.03. The van der Waals surface area contributed by atoms with Gasteiger partial charge < -0.3 is 10.2 Å². The van der Waals surface area contributed by atoms with Crippen molar-refractivity contribution in [2.75, 3.05) is 46.8 Å². The lowest BCUT2D eigenvalue weighted by atomic mass is 10.1. The lowest BCUT2D eigenvalue weighted by molar-refractivity contribution is 0.345. The summed E-state index contributed by atoms with van der Waals surface area (Å²) < 4.78 is 0. The molecule has 1 aliphatic rings. The molecule has 0 spiro atoms. The van der Waals surface area contributed by atoms with Crippen molar-refractivity contribution in [3.05, 3.63) is 0 Å². The summed E-state index contributed by atoms with van der Waals surface area (Å²) >= 11 is 0. The first kappa shape index (κ1) is 9.96. The quantitative estimate of drug-likeness (QED) is 0.633. The van der Waals surface area contributed by atoms with E-state index in [9.17, 15) is 0 Å². The van der Waals surface area contributed by atoms with E-state index < -0.39 is 0 Å². The molecule has 0 amide bonds. The molecular weight excluding hydrogens is 150 g/mol. The molecule has 1 saturated heterocycles. The number of hydrogen-bond donors (Lipinski definition) is 1. The minimum Gasteiger partial charge on any atom is -0.315 e. The van der Waals surface area contributed by atoms with Crippen molar-refractivity contribution in [2.24, 2.45) is 5.92 Å². The van der Waals surface area contributed by atoms with Crippen molar-refractivity contribution in [2.45, 2.75) is 6.42 Å². The molecule has 0 aromatic heterocycles. The third kappa shape index (κ3) is 4.04. The SMILES string of the molecule is CN(C)CCC1C[N]CCNC1. The van der Waals surface area contributed by atoms with Crippen molar-refractivity contribution >= 4 is 0 Å². The van der Waals surface area contributed by atoms with Crippen LogP contribution in [-0.2, 0) is 0 Å². The van der Waals surface area contributed by atoms with Crippen LogP contribution in [0.1, 0.15) is 6.42 Å². The Morgan fingerprint density at radius 1 is 1.50 bits per heavy atom. The monoisotopic (exact) mass is 170 g/mol. The van der Waals surface area contributed by atoms with Crippen molar-refractivity contribution in [3.8, 4) is 0 Å². The first-order valence-corrected chi connectivity index (χ1v) is 4.77. The van der Waals surface area contributed by atoms with Crippen LogP contribution in [0.2, 0.25) is 0 Å². The summed E-state index contributed by atoms with van der Waals surface area (Å²) in [6, 6.07) is 0. The van der Waals surface area contributed by atoms with Crippen LogP contribution in [0.15, 0.2) is 0 Å². The molecule has 1 aliphatic heterocycles. The number of nitrogens with one attached hydrogen (secondary N) is 1. The summed E-state index contributed by atoms with van der Waals surface area (Å²) in [7, 11) is 4.25.